The number of allylic oxidation sites excluding steroid dienone is 1. The number of rotatable bonds is 8. The lowest BCUT2D eigenvalue weighted by Gasteiger charge is -2.25. The molecule has 4 aromatic rings. The van der Waals surface area contributed by atoms with E-state index in [-0.39, 0.29) is 12.2 Å². The van der Waals surface area contributed by atoms with Gasteiger partial charge in [0, 0.05) is 29.8 Å². The maximum absolute atomic E-state index is 14.0. The number of hydrogen-bond donors (Lipinski definition) is 0. The van der Waals surface area contributed by atoms with Crippen LogP contribution in [0.1, 0.15) is 36.6 Å². The fourth-order valence-corrected chi connectivity index (χ4v) is 6.12. The highest BCUT2D eigenvalue weighted by molar-refractivity contribution is 9.10. The molecule has 1 atom stereocenters. The SMILES string of the molecule is CCOC(=O)C1=C(C)N=c2s/c(=C\c3cc(Br)ccc3OCc3ccccc3)c(=O)n2[C@H]1c1ccc(N(C)C)cc1. The molecule has 41 heavy (non-hydrogen) atoms. The minimum Gasteiger partial charge on any atom is -0.488 e. The average molecular weight is 633 g/mol. The lowest BCUT2D eigenvalue weighted by Crippen LogP contribution is -2.40. The number of fused-ring (bicyclic) bond motifs is 1. The molecule has 2 heterocycles. The molecule has 0 fully saturated rings. The van der Waals surface area contributed by atoms with Gasteiger partial charge < -0.3 is 14.4 Å². The highest BCUT2D eigenvalue weighted by Gasteiger charge is 2.33. The van der Waals surface area contributed by atoms with Gasteiger partial charge in [-0.3, -0.25) is 9.36 Å². The van der Waals surface area contributed by atoms with E-state index in [4.69, 9.17) is 9.47 Å². The first-order valence-corrected chi connectivity index (χ1v) is 14.8. The van der Waals surface area contributed by atoms with Crippen molar-refractivity contribution < 1.29 is 14.3 Å². The molecule has 1 aliphatic heterocycles. The van der Waals surface area contributed by atoms with Crippen LogP contribution in [-0.2, 0) is 16.1 Å². The Hall–Kier alpha value is -3.95. The summed E-state index contributed by atoms with van der Waals surface area (Å²) in [6, 6.07) is 22.8. The molecule has 0 bridgehead atoms. The third-order valence-corrected chi connectivity index (χ3v) is 8.21. The molecular weight excluding hydrogens is 602 g/mol. The first-order chi connectivity index (χ1) is 19.8. The fourth-order valence-electron chi connectivity index (χ4n) is 4.70. The van der Waals surface area contributed by atoms with E-state index in [0.717, 1.165) is 26.9 Å². The summed E-state index contributed by atoms with van der Waals surface area (Å²) in [4.78, 5) is 34.4. The first kappa shape index (κ1) is 28.6. The van der Waals surface area contributed by atoms with Crippen LogP contribution in [0.4, 0.5) is 5.69 Å². The van der Waals surface area contributed by atoms with Crippen molar-refractivity contribution >= 4 is 45.0 Å². The summed E-state index contributed by atoms with van der Waals surface area (Å²) in [7, 11) is 3.93. The summed E-state index contributed by atoms with van der Waals surface area (Å²) in [5.74, 6) is 0.176. The first-order valence-electron chi connectivity index (χ1n) is 13.2. The Balaban J connectivity index is 1.63. The lowest BCUT2D eigenvalue weighted by molar-refractivity contribution is -0.139. The van der Waals surface area contributed by atoms with Gasteiger partial charge >= 0.3 is 5.97 Å². The van der Waals surface area contributed by atoms with E-state index in [2.05, 4.69) is 20.9 Å². The van der Waals surface area contributed by atoms with Gasteiger partial charge in [0.15, 0.2) is 4.80 Å². The molecule has 1 aliphatic rings. The van der Waals surface area contributed by atoms with Crippen LogP contribution in [0.3, 0.4) is 0 Å². The number of hydrogen-bond acceptors (Lipinski definition) is 7. The van der Waals surface area contributed by atoms with E-state index in [1.807, 2.05) is 97.9 Å². The smallest absolute Gasteiger partial charge is 0.338 e. The van der Waals surface area contributed by atoms with Gasteiger partial charge in [-0.2, -0.15) is 0 Å². The molecule has 0 saturated heterocycles. The molecule has 0 aliphatic carbocycles. The van der Waals surface area contributed by atoms with Crippen molar-refractivity contribution in [3.63, 3.8) is 0 Å². The zero-order chi connectivity index (χ0) is 29.1. The van der Waals surface area contributed by atoms with Gasteiger partial charge in [0.2, 0.25) is 0 Å². The van der Waals surface area contributed by atoms with Gasteiger partial charge in [0.05, 0.1) is 28.5 Å². The largest absolute Gasteiger partial charge is 0.488 e. The molecule has 9 heteroatoms. The van der Waals surface area contributed by atoms with Crippen molar-refractivity contribution in [3.8, 4) is 5.75 Å². The predicted molar refractivity (Wildman–Crippen MR) is 166 cm³/mol. The second-order valence-corrected chi connectivity index (χ2v) is 11.7. The molecule has 0 spiro atoms. The van der Waals surface area contributed by atoms with Gasteiger partial charge in [-0.15, -0.1) is 0 Å². The molecule has 0 saturated carbocycles. The summed E-state index contributed by atoms with van der Waals surface area (Å²) in [5.41, 5.74) is 4.27. The van der Waals surface area contributed by atoms with Crippen LogP contribution in [0.25, 0.3) is 6.08 Å². The average Bonchev–Trinajstić information content (AvgIpc) is 3.26. The normalized spacial score (nSPS) is 14.9. The van der Waals surface area contributed by atoms with Gasteiger partial charge in [0.1, 0.15) is 12.4 Å². The molecule has 7 nitrogen and oxygen atoms in total. The number of thiazole rings is 1. The molecule has 5 rings (SSSR count). The van der Waals surface area contributed by atoms with Gasteiger partial charge in [-0.05, 0) is 61.4 Å². The van der Waals surface area contributed by atoms with E-state index < -0.39 is 12.0 Å². The van der Waals surface area contributed by atoms with Crippen LogP contribution in [0.2, 0.25) is 0 Å². The topological polar surface area (TPSA) is 73.1 Å². The summed E-state index contributed by atoms with van der Waals surface area (Å²) in [5, 5.41) is 0. The molecule has 3 aromatic carbocycles. The van der Waals surface area contributed by atoms with Crippen molar-refractivity contribution in [1.82, 2.24) is 4.57 Å². The number of carbonyl (C=O) groups excluding carboxylic acids is 1. The van der Waals surface area contributed by atoms with E-state index in [1.54, 1.807) is 18.4 Å². The van der Waals surface area contributed by atoms with Crippen LogP contribution in [0.15, 0.2) is 98.3 Å². The molecular formula is C32H30BrN3O4S. The zero-order valence-electron chi connectivity index (χ0n) is 23.3. The second kappa shape index (κ2) is 12.3. The number of carbonyl (C=O) groups is 1. The van der Waals surface area contributed by atoms with Crippen molar-refractivity contribution in [2.45, 2.75) is 26.5 Å². The fraction of sp³-hybridized carbons (Fsp3) is 0.219. The predicted octanol–water partition coefficient (Wildman–Crippen LogP) is 5.21. The van der Waals surface area contributed by atoms with Crippen molar-refractivity contribution in [2.75, 3.05) is 25.6 Å². The number of nitrogens with zero attached hydrogens (tertiary/aromatic N) is 3. The number of esters is 1. The Kier molecular flexibility index (Phi) is 8.56. The number of benzene rings is 3. The third kappa shape index (κ3) is 6.06. The standard InChI is InChI=1S/C32H30BrN3O4S/c1-5-39-31(38)28-20(2)34-32-36(29(28)22-11-14-25(15-12-22)35(3)4)30(37)27(41-32)18-23-17-24(33)13-16-26(23)40-19-21-9-7-6-8-10-21/h6-18,29H,5,19H2,1-4H3/b27-18-/t29-/m0/s1. The summed E-state index contributed by atoms with van der Waals surface area (Å²) in [6.45, 7) is 4.17. The number of anilines is 1. The molecule has 0 N–H and O–H groups in total. The van der Waals surface area contributed by atoms with E-state index in [1.165, 1.54) is 11.3 Å². The Morgan fingerprint density at radius 2 is 1.83 bits per heavy atom. The van der Waals surface area contributed by atoms with Crippen LogP contribution in [0, 0.1) is 0 Å². The van der Waals surface area contributed by atoms with Gasteiger partial charge in [-0.1, -0.05) is 69.7 Å². The quantitative estimate of drug-likeness (QED) is 0.250. The number of halogens is 1. The van der Waals surface area contributed by atoms with Gasteiger partial charge in [0.25, 0.3) is 5.56 Å². The second-order valence-electron chi connectivity index (χ2n) is 9.74. The highest BCUT2D eigenvalue weighted by Crippen LogP contribution is 2.32. The molecule has 1 aromatic heterocycles. The van der Waals surface area contributed by atoms with Crippen LogP contribution < -0.4 is 24.5 Å². The van der Waals surface area contributed by atoms with E-state index in [9.17, 15) is 9.59 Å². The van der Waals surface area contributed by atoms with E-state index in [0.29, 0.717) is 33.0 Å². The Morgan fingerprint density at radius 3 is 2.51 bits per heavy atom. The summed E-state index contributed by atoms with van der Waals surface area (Å²) < 4.78 is 14.5. The Labute approximate surface area is 250 Å². The highest BCUT2D eigenvalue weighted by atomic mass is 79.9. The zero-order valence-corrected chi connectivity index (χ0v) is 25.7. The maximum Gasteiger partial charge on any atom is 0.338 e. The van der Waals surface area contributed by atoms with Crippen LogP contribution >= 0.6 is 27.3 Å². The number of ether oxygens (including phenoxy) is 2. The minimum atomic E-state index is -0.667. The van der Waals surface area contributed by atoms with Gasteiger partial charge in [-0.25, -0.2) is 9.79 Å². The van der Waals surface area contributed by atoms with Crippen molar-refractivity contribution in [1.29, 1.82) is 0 Å². The monoisotopic (exact) mass is 631 g/mol. The Morgan fingerprint density at radius 1 is 1.10 bits per heavy atom. The van der Waals surface area contributed by atoms with Crippen molar-refractivity contribution in [2.24, 2.45) is 4.99 Å². The minimum absolute atomic E-state index is 0.223. The molecule has 0 amide bonds. The summed E-state index contributed by atoms with van der Waals surface area (Å²) in [6.07, 6.45) is 1.82. The molecule has 210 valence electrons. The Bertz CT molecular complexity index is 1790. The maximum atomic E-state index is 14.0. The van der Waals surface area contributed by atoms with Crippen molar-refractivity contribution in [3.05, 3.63) is 125 Å². The van der Waals surface area contributed by atoms with Crippen LogP contribution in [0.5, 0.6) is 5.75 Å². The van der Waals surface area contributed by atoms with E-state index >= 15 is 0 Å². The molecule has 0 unspecified atom stereocenters. The van der Waals surface area contributed by atoms with Crippen LogP contribution in [-0.4, -0.2) is 31.2 Å². The third-order valence-electron chi connectivity index (χ3n) is 6.74. The molecule has 0 radical (unpaired) electrons. The number of aromatic nitrogens is 1. The lowest BCUT2D eigenvalue weighted by atomic mass is 9.95. The summed E-state index contributed by atoms with van der Waals surface area (Å²) >= 11 is 4.83.